The van der Waals surface area contributed by atoms with Crippen LogP contribution in [-0.4, -0.2) is 12.1 Å². The van der Waals surface area contributed by atoms with E-state index in [1.807, 2.05) is 0 Å². The molecule has 0 saturated heterocycles. The fourth-order valence-electron chi connectivity index (χ4n) is 2.78. The minimum atomic E-state index is -1.75. The Morgan fingerprint density at radius 2 is 1.00 bits per heavy atom. The van der Waals surface area contributed by atoms with Crippen molar-refractivity contribution in [1.82, 2.24) is 0 Å². The summed E-state index contributed by atoms with van der Waals surface area (Å²) < 4.78 is 3.94. The van der Waals surface area contributed by atoms with Crippen LogP contribution in [0.3, 0.4) is 0 Å². The topological polar surface area (TPSA) is 66.4 Å². The van der Waals surface area contributed by atoms with Gasteiger partial charge in [-0.25, -0.2) is 0 Å². The maximum Gasteiger partial charge on any atom is 1.00 e. The Hall–Kier alpha value is -0.0600. The van der Waals surface area contributed by atoms with Gasteiger partial charge in [0.25, 0.3) is 6.16 Å². The van der Waals surface area contributed by atoms with Crippen molar-refractivity contribution in [3.8, 4) is 0 Å². The molecule has 0 unspecified atom stereocenters. The molecule has 0 aliphatic heterocycles. The van der Waals surface area contributed by atoms with E-state index in [0.29, 0.717) is 6.42 Å². The number of rotatable bonds is 16. The van der Waals surface area contributed by atoms with Gasteiger partial charge in [0.2, 0.25) is 5.97 Å². The third-order valence-corrected chi connectivity index (χ3v) is 4.18. The van der Waals surface area contributed by atoms with Gasteiger partial charge in [0.15, 0.2) is 0 Å². The minimum Gasteiger partial charge on any atom is -0.484 e. The van der Waals surface area contributed by atoms with Crippen LogP contribution in [0.2, 0.25) is 0 Å². The van der Waals surface area contributed by atoms with E-state index in [1.165, 1.54) is 77.0 Å². The van der Waals surface area contributed by atoms with Crippen molar-refractivity contribution in [1.29, 1.82) is 0 Å². The number of esters is 1. The maximum absolute atomic E-state index is 10.9. The maximum atomic E-state index is 10.9. The number of ether oxygens (including phenoxy) is 1. The van der Waals surface area contributed by atoms with E-state index in [1.54, 1.807) is 0 Å². The second-order valence-electron chi connectivity index (χ2n) is 6.42. The number of hydrogen-bond donors (Lipinski definition) is 0. The number of carboxylic acid groups (broad SMARTS) is 1. The fourth-order valence-corrected chi connectivity index (χ4v) is 2.78. The van der Waals surface area contributed by atoms with Crippen LogP contribution in [0.4, 0.5) is 4.79 Å². The molecule has 0 fully saturated rings. The average molecular weight is 350 g/mol. The number of unbranched alkanes of at least 4 members (excludes halogenated alkanes) is 14. The zero-order valence-electron chi connectivity index (χ0n) is 15.9. The van der Waals surface area contributed by atoms with Crippen molar-refractivity contribution in [3.05, 3.63) is 0 Å². The number of carbonyl (C=O) groups is 2. The molecule has 0 aromatic rings. The zero-order chi connectivity index (χ0) is 17.2. The molecule has 0 heterocycles. The second kappa shape index (κ2) is 21.0. The standard InChI is InChI=1S/C19H36O4.Na/c1-2-3-4-5-6-7-8-9-10-11-12-13-14-15-16-17-18(20)23-19(21)22;/h2-17H2,1H3,(H,21,22);/q;+1/p-1. The van der Waals surface area contributed by atoms with Crippen molar-refractivity contribution < 1.29 is 49.0 Å². The first-order chi connectivity index (χ1) is 11.2. The molecule has 24 heavy (non-hydrogen) atoms. The van der Waals surface area contributed by atoms with Gasteiger partial charge in [-0.1, -0.05) is 96.8 Å². The van der Waals surface area contributed by atoms with Gasteiger partial charge in [-0.15, -0.1) is 0 Å². The summed E-state index contributed by atoms with van der Waals surface area (Å²) in [5.41, 5.74) is 0. The summed E-state index contributed by atoms with van der Waals surface area (Å²) in [7, 11) is 0. The zero-order valence-corrected chi connectivity index (χ0v) is 17.9. The SMILES string of the molecule is CCCCCCCCCCCCCCCCCC(=O)OC(=O)[O-].[Na+]. The molecule has 0 aliphatic carbocycles. The van der Waals surface area contributed by atoms with Gasteiger partial charge in [0.05, 0.1) is 0 Å². The van der Waals surface area contributed by atoms with Crippen LogP contribution in [0, 0.1) is 0 Å². The molecule has 0 amide bonds. The molecule has 0 aromatic heterocycles. The summed E-state index contributed by atoms with van der Waals surface area (Å²) in [6.07, 6.45) is 17.4. The predicted octanol–water partition coefficient (Wildman–Crippen LogP) is 2.14. The Bertz CT molecular complexity index is 295. The largest absolute Gasteiger partial charge is 1.00 e. The van der Waals surface area contributed by atoms with E-state index < -0.39 is 12.1 Å². The van der Waals surface area contributed by atoms with Crippen LogP contribution in [0.25, 0.3) is 0 Å². The number of hydrogen-bond acceptors (Lipinski definition) is 4. The molecular formula is C19H35NaO4. The third kappa shape index (κ3) is 21.9. The third-order valence-electron chi connectivity index (χ3n) is 4.18. The average Bonchev–Trinajstić information content (AvgIpc) is 2.50. The van der Waals surface area contributed by atoms with Crippen LogP contribution < -0.4 is 34.7 Å². The van der Waals surface area contributed by atoms with Crippen molar-refractivity contribution in [2.45, 2.75) is 110 Å². The van der Waals surface area contributed by atoms with Crippen LogP contribution in [0.15, 0.2) is 0 Å². The molecule has 0 N–H and O–H groups in total. The van der Waals surface area contributed by atoms with Crippen LogP contribution in [0.1, 0.15) is 110 Å². The molecule has 0 atom stereocenters. The van der Waals surface area contributed by atoms with Gasteiger partial charge < -0.3 is 14.6 Å². The second-order valence-corrected chi connectivity index (χ2v) is 6.42. The number of carbonyl (C=O) groups excluding carboxylic acids is 2. The van der Waals surface area contributed by atoms with Crippen molar-refractivity contribution in [3.63, 3.8) is 0 Å². The molecule has 0 radical (unpaired) electrons. The fraction of sp³-hybridized carbons (Fsp3) is 0.895. The Kier molecular flexibility index (Phi) is 22.9. The van der Waals surface area contributed by atoms with E-state index in [9.17, 15) is 14.7 Å². The monoisotopic (exact) mass is 350 g/mol. The summed E-state index contributed by atoms with van der Waals surface area (Å²) >= 11 is 0. The molecule has 4 nitrogen and oxygen atoms in total. The van der Waals surface area contributed by atoms with Crippen molar-refractivity contribution in [2.24, 2.45) is 0 Å². The Balaban J connectivity index is 0. The first-order valence-electron chi connectivity index (χ1n) is 9.58. The van der Waals surface area contributed by atoms with Gasteiger partial charge in [0, 0.05) is 6.42 Å². The molecule has 0 aliphatic rings. The summed E-state index contributed by atoms with van der Waals surface area (Å²) in [4.78, 5) is 21.0. The van der Waals surface area contributed by atoms with E-state index in [4.69, 9.17) is 0 Å². The van der Waals surface area contributed by atoms with E-state index >= 15 is 0 Å². The molecule has 0 aromatic carbocycles. The molecule has 5 heteroatoms. The molecule has 0 spiro atoms. The van der Waals surface area contributed by atoms with E-state index in [0.717, 1.165) is 12.8 Å². The van der Waals surface area contributed by atoms with E-state index in [2.05, 4.69) is 11.7 Å². The first-order valence-corrected chi connectivity index (χ1v) is 9.58. The summed E-state index contributed by atoms with van der Waals surface area (Å²) in [6.45, 7) is 2.26. The Morgan fingerprint density at radius 1 is 0.667 bits per heavy atom. The van der Waals surface area contributed by atoms with E-state index in [-0.39, 0.29) is 36.0 Å². The molecular weight excluding hydrogens is 315 g/mol. The molecule has 0 rings (SSSR count). The van der Waals surface area contributed by atoms with Gasteiger partial charge in [-0.2, -0.15) is 0 Å². The van der Waals surface area contributed by atoms with Crippen molar-refractivity contribution in [2.75, 3.05) is 0 Å². The normalized spacial score (nSPS) is 10.2. The molecule has 0 bridgehead atoms. The Morgan fingerprint density at radius 3 is 1.33 bits per heavy atom. The summed E-state index contributed by atoms with van der Waals surface area (Å²) in [5, 5.41) is 10.0. The summed E-state index contributed by atoms with van der Waals surface area (Å²) in [6, 6.07) is 0. The van der Waals surface area contributed by atoms with Gasteiger partial charge in [-0.3, -0.25) is 4.79 Å². The first kappa shape index (κ1) is 26.2. The van der Waals surface area contributed by atoms with Crippen LogP contribution in [0.5, 0.6) is 0 Å². The van der Waals surface area contributed by atoms with Crippen LogP contribution in [-0.2, 0) is 9.53 Å². The van der Waals surface area contributed by atoms with Crippen LogP contribution >= 0.6 is 0 Å². The van der Waals surface area contributed by atoms with Gasteiger partial charge in [0.1, 0.15) is 0 Å². The molecule has 136 valence electrons. The minimum absolute atomic E-state index is 0. The van der Waals surface area contributed by atoms with Gasteiger partial charge in [-0.05, 0) is 6.42 Å². The predicted molar refractivity (Wildman–Crippen MR) is 91.0 cm³/mol. The Labute approximate surface area is 170 Å². The summed E-state index contributed by atoms with van der Waals surface area (Å²) in [5.74, 6) is -0.695. The smallest absolute Gasteiger partial charge is 0.484 e. The molecule has 0 saturated carbocycles. The quantitative estimate of drug-likeness (QED) is 0.185. The van der Waals surface area contributed by atoms with Crippen molar-refractivity contribution >= 4 is 12.1 Å². The van der Waals surface area contributed by atoms with Gasteiger partial charge >= 0.3 is 29.6 Å².